The second kappa shape index (κ2) is 13.5. The molecule has 234 valence electrons. The second-order valence-electron chi connectivity index (χ2n) is 9.19. The van der Waals surface area contributed by atoms with Crippen LogP contribution in [0.1, 0.15) is 44.2 Å². The van der Waals surface area contributed by atoms with Crippen LogP contribution in [0.5, 0.6) is 5.75 Å². The lowest BCUT2D eigenvalue weighted by atomic mass is 10.2. The van der Waals surface area contributed by atoms with E-state index < -0.39 is 42.0 Å². The lowest BCUT2D eigenvalue weighted by molar-refractivity contribution is -0.274. The van der Waals surface area contributed by atoms with Gasteiger partial charge in [-0.15, -0.1) is 23.4 Å². The standard InChI is InChI=1S/C25H22F7N9O3/c26-17(12-41-14-20(37-39-41)23(43)35-11-16-4-5-21(33-10-16)24(27,28)29)6-7-40-13-19(36-38-40)22(42)34-9-15-2-1-3-18(8-15)44-25(30,31)32/h1-5,8,10,13-14,17H,6-7,9,11-12H2,(H,34,42)(H,35,43). The van der Waals surface area contributed by atoms with Crippen molar-refractivity contribution < 1.29 is 45.1 Å². The highest BCUT2D eigenvalue weighted by molar-refractivity contribution is 5.92. The molecule has 2 N–H and O–H groups in total. The Morgan fingerprint density at radius 3 is 2.11 bits per heavy atom. The molecule has 12 nitrogen and oxygen atoms in total. The van der Waals surface area contributed by atoms with E-state index in [1.807, 2.05) is 0 Å². The van der Waals surface area contributed by atoms with Crippen LogP contribution < -0.4 is 15.4 Å². The average molecular weight is 629 g/mol. The summed E-state index contributed by atoms with van der Waals surface area (Å²) in [7, 11) is 0. The Hall–Kier alpha value is -5.10. The van der Waals surface area contributed by atoms with Crippen LogP contribution in [-0.4, -0.2) is 59.3 Å². The highest BCUT2D eigenvalue weighted by Crippen LogP contribution is 2.27. The summed E-state index contributed by atoms with van der Waals surface area (Å²) in [5.74, 6) is -1.77. The second-order valence-corrected chi connectivity index (χ2v) is 9.19. The largest absolute Gasteiger partial charge is 0.573 e. The summed E-state index contributed by atoms with van der Waals surface area (Å²) in [5.41, 5.74) is -0.628. The van der Waals surface area contributed by atoms with Crippen LogP contribution in [0.3, 0.4) is 0 Å². The molecule has 19 heteroatoms. The number of aromatic nitrogens is 7. The van der Waals surface area contributed by atoms with Gasteiger partial charge in [-0.25, -0.2) is 9.07 Å². The molecule has 0 aliphatic carbocycles. The highest BCUT2D eigenvalue weighted by Gasteiger charge is 2.32. The van der Waals surface area contributed by atoms with E-state index in [0.29, 0.717) is 11.1 Å². The third-order valence-corrected chi connectivity index (χ3v) is 5.75. The molecule has 0 fully saturated rings. The van der Waals surface area contributed by atoms with Gasteiger partial charge in [-0.3, -0.25) is 19.3 Å². The molecular weight excluding hydrogens is 607 g/mol. The molecule has 0 radical (unpaired) electrons. The van der Waals surface area contributed by atoms with Gasteiger partial charge in [0.05, 0.1) is 18.9 Å². The number of carbonyl (C=O) groups excluding carboxylic acids is 2. The lowest BCUT2D eigenvalue weighted by Crippen LogP contribution is -2.23. The smallest absolute Gasteiger partial charge is 0.406 e. The van der Waals surface area contributed by atoms with Gasteiger partial charge in [-0.2, -0.15) is 13.2 Å². The van der Waals surface area contributed by atoms with Crippen molar-refractivity contribution in [2.75, 3.05) is 0 Å². The predicted molar refractivity (Wildman–Crippen MR) is 134 cm³/mol. The van der Waals surface area contributed by atoms with E-state index in [-0.39, 0.29) is 44.0 Å². The molecule has 0 aliphatic rings. The third-order valence-electron chi connectivity index (χ3n) is 5.75. The maximum Gasteiger partial charge on any atom is 0.573 e. The quantitative estimate of drug-likeness (QED) is 0.227. The first-order valence-electron chi connectivity index (χ1n) is 12.6. The van der Waals surface area contributed by atoms with Crippen molar-refractivity contribution in [3.8, 4) is 5.75 Å². The first-order valence-corrected chi connectivity index (χ1v) is 12.6. The molecule has 0 bridgehead atoms. The fraction of sp³-hybridized carbons (Fsp3) is 0.320. The van der Waals surface area contributed by atoms with Gasteiger partial charge in [-0.05, 0) is 29.3 Å². The Labute approximate surface area is 243 Å². The van der Waals surface area contributed by atoms with Gasteiger partial charge in [0.1, 0.15) is 17.6 Å². The van der Waals surface area contributed by atoms with Crippen LogP contribution in [-0.2, 0) is 32.4 Å². The van der Waals surface area contributed by atoms with E-state index in [1.54, 1.807) is 0 Å². The normalized spacial score (nSPS) is 12.5. The third kappa shape index (κ3) is 9.46. The monoisotopic (exact) mass is 629 g/mol. The molecule has 3 aromatic heterocycles. The van der Waals surface area contributed by atoms with Crippen molar-refractivity contribution in [3.05, 3.63) is 83.2 Å². The van der Waals surface area contributed by atoms with Crippen LogP contribution in [0, 0.1) is 0 Å². The highest BCUT2D eigenvalue weighted by atomic mass is 19.4. The average Bonchev–Trinajstić information content (AvgIpc) is 3.63. The number of carbonyl (C=O) groups is 2. The fourth-order valence-electron chi connectivity index (χ4n) is 3.67. The Morgan fingerprint density at radius 2 is 1.50 bits per heavy atom. The molecule has 1 unspecified atom stereocenters. The van der Waals surface area contributed by atoms with Crippen LogP contribution in [0.2, 0.25) is 0 Å². The number of pyridine rings is 1. The summed E-state index contributed by atoms with van der Waals surface area (Å²) in [4.78, 5) is 27.9. The van der Waals surface area contributed by atoms with Crippen molar-refractivity contribution in [1.29, 1.82) is 0 Å². The molecular formula is C25H22F7N9O3. The summed E-state index contributed by atoms with van der Waals surface area (Å²) >= 11 is 0. The fourth-order valence-corrected chi connectivity index (χ4v) is 3.67. The van der Waals surface area contributed by atoms with Gasteiger partial charge in [0.2, 0.25) is 0 Å². The van der Waals surface area contributed by atoms with Gasteiger partial charge in [0.15, 0.2) is 11.4 Å². The van der Waals surface area contributed by atoms with Gasteiger partial charge in [0, 0.05) is 32.3 Å². The van der Waals surface area contributed by atoms with Crippen molar-refractivity contribution in [2.45, 2.75) is 51.3 Å². The Bertz CT molecular complexity index is 1570. The van der Waals surface area contributed by atoms with Crippen molar-refractivity contribution >= 4 is 11.8 Å². The molecule has 2 amide bonds. The zero-order valence-electron chi connectivity index (χ0n) is 22.3. The molecule has 0 spiro atoms. The topological polar surface area (TPSA) is 142 Å². The zero-order valence-corrected chi connectivity index (χ0v) is 22.3. The first-order chi connectivity index (χ1) is 20.7. The van der Waals surface area contributed by atoms with Gasteiger partial charge in [0.25, 0.3) is 11.8 Å². The van der Waals surface area contributed by atoms with Gasteiger partial charge in [-0.1, -0.05) is 28.6 Å². The molecule has 3 heterocycles. The zero-order chi connectivity index (χ0) is 31.9. The summed E-state index contributed by atoms with van der Waals surface area (Å²) in [6.45, 7) is -0.466. The summed E-state index contributed by atoms with van der Waals surface area (Å²) in [6, 6.07) is 7.04. The van der Waals surface area contributed by atoms with E-state index in [1.165, 1.54) is 35.3 Å². The molecule has 1 atom stereocenters. The Balaban J connectivity index is 1.19. The van der Waals surface area contributed by atoms with E-state index in [9.17, 15) is 40.3 Å². The summed E-state index contributed by atoms with van der Waals surface area (Å²) in [5, 5.41) is 19.8. The van der Waals surface area contributed by atoms with E-state index >= 15 is 0 Å². The number of rotatable bonds is 12. The van der Waals surface area contributed by atoms with Crippen LogP contribution >= 0.6 is 0 Å². The minimum absolute atomic E-state index is 0.0292. The van der Waals surface area contributed by atoms with E-state index in [4.69, 9.17) is 0 Å². The maximum absolute atomic E-state index is 14.6. The maximum atomic E-state index is 14.6. The molecule has 0 saturated carbocycles. The van der Waals surface area contributed by atoms with Crippen molar-refractivity contribution in [3.63, 3.8) is 0 Å². The number of hydrogen-bond acceptors (Lipinski definition) is 8. The van der Waals surface area contributed by atoms with Crippen LogP contribution in [0.4, 0.5) is 30.7 Å². The van der Waals surface area contributed by atoms with Crippen LogP contribution in [0.25, 0.3) is 0 Å². The van der Waals surface area contributed by atoms with Crippen molar-refractivity contribution in [1.82, 2.24) is 45.6 Å². The lowest BCUT2D eigenvalue weighted by Gasteiger charge is -2.10. The molecule has 0 aliphatic heterocycles. The predicted octanol–water partition coefficient (Wildman–Crippen LogP) is 3.47. The van der Waals surface area contributed by atoms with Gasteiger partial charge < -0.3 is 15.4 Å². The number of alkyl halides is 7. The Morgan fingerprint density at radius 1 is 0.864 bits per heavy atom. The molecule has 4 rings (SSSR count). The SMILES string of the molecule is O=C(NCc1cccc(OC(F)(F)F)c1)c1cn(CCC(F)Cn2cc(C(=O)NCc3ccc(C(F)(F)F)nc3)nn2)nn1. The number of amides is 2. The number of nitrogens with one attached hydrogen (secondary N) is 2. The Kier molecular flexibility index (Phi) is 9.74. The first kappa shape index (κ1) is 31.8. The van der Waals surface area contributed by atoms with Gasteiger partial charge >= 0.3 is 12.5 Å². The molecule has 44 heavy (non-hydrogen) atoms. The minimum Gasteiger partial charge on any atom is -0.406 e. The minimum atomic E-state index is -4.85. The number of nitrogens with zero attached hydrogens (tertiary/aromatic N) is 7. The molecule has 4 aromatic rings. The number of benzene rings is 1. The number of ether oxygens (including phenoxy) is 1. The molecule has 1 aromatic carbocycles. The summed E-state index contributed by atoms with van der Waals surface area (Å²) in [6.07, 6.45) is -7.50. The number of aryl methyl sites for hydroxylation is 1. The van der Waals surface area contributed by atoms with Crippen LogP contribution in [0.15, 0.2) is 55.0 Å². The van der Waals surface area contributed by atoms with Crippen molar-refractivity contribution in [2.24, 2.45) is 0 Å². The summed E-state index contributed by atoms with van der Waals surface area (Å²) < 4.78 is 95.8. The van der Waals surface area contributed by atoms with E-state index in [0.717, 1.165) is 29.1 Å². The molecule has 0 saturated heterocycles. The number of halogens is 7. The van der Waals surface area contributed by atoms with E-state index in [2.05, 4.69) is 41.0 Å². The number of hydrogen-bond donors (Lipinski definition) is 2.